The molecule has 0 fully saturated rings. The maximum absolute atomic E-state index is 13.1. The van der Waals surface area contributed by atoms with Gasteiger partial charge in [0.1, 0.15) is 17.7 Å². The van der Waals surface area contributed by atoms with Gasteiger partial charge in [0, 0.05) is 6.07 Å². The predicted molar refractivity (Wildman–Crippen MR) is 81.5 cm³/mol. The third kappa shape index (κ3) is 4.74. The van der Waals surface area contributed by atoms with Crippen molar-refractivity contribution in [3.8, 4) is 0 Å². The number of hydrogen-bond donors (Lipinski definition) is 1. The molecule has 1 aromatic carbocycles. The van der Waals surface area contributed by atoms with Crippen LogP contribution in [0.5, 0.6) is 0 Å². The molecular weight excluding hydrogens is 322 g/mol. The van der Waals surface area contributed by atoms with Gasteiger partial charge in [0.15, 0.2) is 0 Å². The average molecular weight is 340 g/mol. The van der Waals surface area contributed by atoms with Gasteiger partial charge in [-0.1, -0.05) is 0 Å². The molecule has 1 aliphatic rings. The molecule has 0 saturated heterocycles. The van der Waals surface area contributed by atoms with E-state index in [2.05, 4.69) is 10.3 Å². The molecule has 1 amide bonds. The first-order chi connectivity index (χ1) is 11.4. The zero-order valence-corrected chi connectivity index (χ0v) is 13.3. The smallest absolute Gasteiger partial charge is 0.349 e. The summed E-state index contributed by atoms with van der Waals surface area (Å²) in [5, 5.41) is 2.61. The Balaban J connectivity index is 1.87. The lowest BCUT2D eigenvalue weighted by Crippen LogP contribution is -2.40. The monoisotopic (exact) mass is 340 g/mol. The third-order valence-electron chi connectivity index (χ3n) is 3.26. The zero-order valence-electron chi connectivity index (χ0n) is 13.3. The SMILES string of the molecule is CCOC(=O)[C@@H]1CN=C(C(C)NC(=O)Cc2cc(F)cc(F)c2)O1. The number of rotatable bonds is 6. The summed E-state index contributed by atoms with van der Waals surface area (Å²) in [6.45, 7) is 3.69. The molecule has 24 heavy (non-hydrogen) atoms. The maximum atomic E-state index is 13.1. The summed E-state index contributed by atoms with van der Waals surface area (Å²) in [6.07, 6.45) is -0.996. The van der Waals surface area contributed by atoms with Crippen LogP contribution < -0.4 is 5.32 Å². The molecular formula is C16H18F2N2O4. The number of nitrogens with one attached hydrogen (secondary N) is 1. The van der Waals surface area contributed by atoms with E-state index in [0.717, 1.165) is 18.2 Å². The number of carbonyl (C=O) groups is 2. The van der Waals surface area contributed by atoms with Gasteiger partial charge < -0.3 is 14.8 Å². The topological polar surface area (TPSA) is 77.0 Å². The van der Waals surface area contributed by atoms with Crippen LogP contribution in [-0.2, 0) is 25.5 Å². The highest BCUT2D eigenvalue weighted by atomic mass is 19.1. The van der Waals surface area contributed by atoms with Crippen molar-refractivity contribution < 1.29 is 27.8 Å². The quantitative estimate of drug-likeness (QED) is 0.794. The van der Waals surface area contributed by atoms with Crippen LogP contribution in [0.1, 0.15) is 19.4 Å². The lowest BCUT2D eigenvalue weighted by Gasteiger charge is -2.16. The Kier molecular flexibility index (Phi) is 5.83. The second kappa shape index (κ2) is 7.85. The first-order valence-electron chi connectivity index (χ1n) is 7.51. The Morgan fingerprint density at radius 2 is 2.04 bits per heavy atom. The normalized spacial score (nSPS) is 17.7. The minimum absolute atomic E-state index is 0.128. The largest absolute Gasteiger partial charge is 0.463 e. The summed E-state index contributed by atoms with van der Waals surface area (Å²) in [7, 11) is 0. The van der Waals surface area contributed by atoms with Gasteiger partial charge in [0.05, 0.1) is 19.6 Å². The molecule has 1 N–H and O–H groups in total. The van der Waals surface area contributed by atoms with Crippen LogP contribution in [0.25, 0.3) is 0 Å². The summed E-state index contributed by atoms with van der Waals surface area (Å²) in [5.41, 5.74) is 0.218. The lowest BCUT2D eigenvalue weighted by molar-refractivity contribution is -0.150. The summed E-state index contributed by atoms with van der Waals surface area (Å²) in [4.78, 5) is 27.6. The fraction of sp³-hybridized carbons (Fsp3) is 0.438. The number of benzene rings is 1. The highest BCUT2D eigenvalue weighted by molar-refractivity contribution is 5.91. The molecule has 1 aromatic rings. The van der Waals surface area contributed by atoms with Crippen molar-refractivity contribution in [3.05, 3.63) is 35.4 Å². The Morgan fingerprint density at radius 3 is 2.67 bits per heavy atom. The van der Waals surface area contributed by atoms with Crippen LogP contribution in [0.2, 0.25) is 0 Å². The van der Waals surface area contributed by atoms with Crippen molar-refractivity contribution in [1.82, 2.24) is 5.32 Å². The van der Waals surface area contributed by atoms with Crippen molar-refractivity contribution in [2.75, 3.05) is 13.2 Å². The van der Waals surface area contributed by atoms with E-state index < -0.39 is 35.7 Å². The zero-order chi connectivity index (χ0) is 17.7. The molecule has 8 heteroatoms. The van der Waals surface area contributed by atoms with Crippen molar-refractivity contribution >= 4 is 17.8 Å². The minimum Gasteiger partial charge on any atom is -0.463 e. The minimum atomic E-state index is -0.809. The van der Waals surface area contributed by atoms with Gasteiger partial charge in [-0.15, -0.1) is 0 Å². The molecule has 1 unspecified atom stereocenters. The van der Waals surface area contributed by atoms with Gasteiger partial charge in [-0.05, 0) is 31.5 Å². The maximum Gasteiger partial charge on any atom is 0.349 e. The molecule has 1 aliphatic heterocycles. The van der Waals surface area contributed by atoms with Gasteiger partial charge in [-0.2, -0.15) is 0 Å². The first kappa shape index (κ1) is 17.8. The Bertz CT molecular complexity index is 643. The van der Waals surface area contributed by atoms with E-state index in [4.69, 9.17) is 9.47 Å². The first-order valence-corrected chi connectivity index (χ1v) is 7.51. The summed E-state index contributed by atoms with van der Waals surface area (Å²) >= 11 is 0. The van der Waals surface area contributed by atoms with Crippen molar-refractivity contribution in [2.24, 2.45) is 4.99 Å². The highest BCUT2D eigenvalue weighted by Crippen LogP contribution is 2.11. The number of nitrogens with zero attached hydrogens (tertiary/aromatic N) is 1. The average Bonchev–Trinajstić information content (AvgIpc) is 2.96. The number of carbonyl (C=O) groups excluding carboxylic acids is 2. The number of halogens is 2. The van der Waals surface area contributed by atoms with Crippen molar-refractivity contribution in [1.29, 1.82) is 0 Å². The number of ether oxygens (including phenoxy) is 2. The summed E-state index contributed by atoms with van der Waals surface area (Å²) in [5.74, 6) is -2.23. The fourth-order valence-electron chi connectivity index (χ4n) is 2.24. The van der Waals surface area contributed by atoms with Crippen LogP contribution in [0, 0.1) is 11.6 Å². The number of hydrogen-bond acceptors (Lipinski definition) is 5. The van der Waals surface area contributed by atoms with Gasteiger partial charge in [-0.25, -0.2) is 18.6 Å². The molecule has 130 valence electrons. The molecule has 2 rings (SSSR count). The molecule has 0 aromatic heterocycles. The molecule has 0 bridgehead atoms. The number of esters is 1. The van der Waals surface area contributed by atoms with Crippen molar-refractivity contribution in [3.63, 3.8) is 0 Å². The van der Waals surface area contributed by atoms with Gasteiger partial charge >= 0.3 is 5.97 Å². The molecule has 0 aliphatic carbocycles. The molecule has 6 nitrogen and oxygen atoms in total. The van der Waals surface area contributed by atoms with E-state index in [0.29, 0.717) is 0 Å². The molecule has 0 spiro atoms. The molecule has 0 saturated carbocycles. The predicted octanol–water partition coefficient (Wildman–Crippen LogP) is 1.37. The summed E-state index contributed by atoms with van der Waals surface area (Å²) < 4.78 is 36.4. The van der Waals surface area contributed by atoms with E-state index in [1.807, 2.05) is 0 Å². The molecule has 0 radical (unpaired) electrons. The van der Waals surface area contributed by atoms with E-state index >= 15 is 0 Å². The van der Waals surface area contributed by atoms with Gasteiger partial charge in [0.25, 0.3) is 0 Å². The third-order valence-corrected chi connectivity index (χ3v) is 3.26. The van der Waals surface area contributed by atoms with E-state index in [1.54, 1.807) is 13.8 Å². The fourth-order valence-corrected chi connectivity index (χ4v) is 2.24. The van der Waals surface area contributed by atoms with E-state index in [-0.39, 0.29) is 31.0 Å². The highest BCUT2D eigenvalue weighted by Gasteiger charge is 2.31. The second-order valence-electron chi connectivity index (χ2n) is 5.28. The Morgan fingerprint density at radius 1 is 1.38 bits per heavy atom. The Hall–Kier alpha value is -2.51. The summed E-state index contributed by atoms with van der Waals surface area (Å²) in [6, 6.07) is 2.34. The number of aliphatic imine (C=N–C) groups is 1. The van der Waals surface area contributed by atoms with Crippen LogP contribution in [0.3, 0.4) is 0 Å². The van der Waals surface area contributed by atoms with Gasteiger partial charge in [0.2, 0.25) is 17.9 Å². The second-order valence-corrected chi connectivity index (χ2v) is 5.28. The van der Waals surface area contributed by atoms with E-state index in [9.17, 15) is 18.4 Å². The van der Waals surface area contributed by atoms with Gasteiger partial charge in [-0.3, -0.25) is 4.79 Å². The Labute approximate surface area is 137 Å². The lowest BCUT2D eigenvalue weighted by atomic mass is 10.1. The van der Waals surface area contributed by atoms with Crippen LogP contribution in [-0.4, -0.2) is 43.1 Å². The number of amides is 1. The standard InChI is InChI=1S/C16H18F2N2O4/c1-3-23-16(22)13-8-19-15(24-13)9(2)20-14(21)6-10-4-11(17)7-12(18)5-10/h4-5,7,9,13H,3,6,8H2,1-2H3,(H,20,21)/t9?,13-/m0/s1. The van der Waals surface area contributed by atoms with Crippen LogP contribution >= 0.6 is 0 Å². The van der Waals surface area contributed by atoms with Crippen LogP contribution in [0.15, 0.2) is 23.2 Å². The van der Waals surface area contributed by atoms with Crippen molar-refractivity contribution in [2.45, 2.75) is 32.4 Å². The molecule has 1 heterocycles. The molecule has 2 atom stereocenters. The van der Waals surface area contributed by atoms with E-state index in [1.165, 1.54) is 0 Å². The van der Waals surface area contributed by atoms with Crippen LogP contribution in [0.4, 0.5) is 8.78 Å².